The smallest absolute Gasteiger partial charge is 0.416 e. The second-order valence-electron chi connectivity index (χ2n) is 7.75. The third-order valence-corrected chi connectivity index (χ3v) is 8.35. The molecule has 0 radical (unpaired) electrons. The van der Waals surface area contributed by atoms with Gasteiger partial charge in [-0.1, -0.05) is 36.4 Å². The number of hydrogen-bond donors (Lipinski definition) is 2. The Hall–Kier alpha value is -3.31. The summed E-state index contributed by atoms with van der Waals surface area (Å²) in [6.45, 7) is 3.51. The van der Waals surface area contributed by atoms with Gasteiger partial charge in [0.2, 0.25) is 5.91 Å². The largest absolute Gasteiger partial charge is 0.508 e. The molecule has 0 aliphatic carbocycles. The van der Waals surface area contributed by atoms with Gasteiger partial charge in [0.25, 0.3) is 0 Å². The average molecular weight is 537 g/mol. The van der Waals surface area contributed by atoms with Crippen LogP contribution in [0, 0.1) is 0 Å². The summed E-state index contributed by atoms with van der Waals surface area (Å²) in [5, 5.41) is 11.4. The number of anilines is 1. The van der Waals surface area contributed by atoms with Crippen molar-refractivity contribution in [3.63, 3.8) is 0 Å². The van der Waals surface area contributed by atoms with E-state index in [0.29, 0.717) is 16.3 Å². The Morgan fingerprint density at radius 3 is 2.58 bits per heavy atom. The quantitative estimate of drug-likeness (QED) is 0.265. The Balaban J connectivity index is 1.66. The van der Waals surface area contributed by atoms with Crippen molar-refractivity contribution in [3.8, 4) is 5.75 Å². The Labute approximate surface area is 211 Å². The first-order valence-electron chi connectivity index (χ1n) is 10.7. The number of pyridine rings is 1. The number of carbonyl (C=O) groups excluding carboxylic acids is 1. The molecule has 2 N–H and O–H groups in total. The zero-order valence-corrected chi connectivity index (χ0v) is 20.5. The van der Waals surface area contributed by atoms with E-state index in [0.717, 1.165) is 30.0 Å². The van der Waals surface area contributed by atoms with Crippen LogP contribution in [-0.4, -0.2) is 35.9 Å². The van der Waals surface area contributed by atoms with E-state index in [4.69, 9.17) is 0 Å². The first-order valence-corrected chi connectivity index (χ1v) is 13.4. The summed E-state index contributed by atoms with van der Waals surface area (Å²) in [5.41, 5.74) is 0.0588. The van der Waals surface area contributed by atoms with Crippen molar-refractivity contribution < 1.29 is 31.5 Å². The van der Waals surface area contributed by atoms with E-state index in [-0.39, 0.29) is 35.1 Å². The fourth-order valence-corrected chi connectivity index (χ4v) is 6.38. The maximum absolute atomic E-state index is 13.1. The van der Waals surface area contributed by atoms with Crippen LogP contribution in [0.25, 0.3) is 0 Å². The number of hydrogen-bond acceptors (Lipinski definition) is 6. The zero-order valence-electron chi connectivity index (χ0n) is 18.9. The molecule has 190 valence electrons. The Bertz CT molecular complexity index is 1340. The number of rotatable bonds is 10. The van der Waals surface area contributed by atoms with Crippen LogP contribution in [0.5, 0.6) is 5.75 Å². The molecule has 1 atom stereocenters. The number of amides is 1. The van der Waals surface area contributed by atoms with Gasteiger partial charge in [0, 0.05) is 11.9 Å². The van der Waals surface area contributed by atoms with Crippen molar-refractivity contribution in [2.75, 3.05) is 16.8 Å². The SMILES string of the molecule is C=CC(c1cccc(C(F)(F)F)c1)S(=O)(=O)CCSc1ncccc1NC(=O)Cc1cccc(O)c1. The van der Waals surface area contributed by atoms with Gasteiger partial charge in [-0.25, -0.2) is 13.4 Å². The summed E-state index contributed by atoms with van der Waals surface area (Å²) in [6.07, 6.45) is -1.97. The van der Waals surface area contributed by atoms with E-state index >= 15 is 0 Å². The van der Waals surface area contributed by atoms with Crippen molar-refractivity contribution in [1.29, 1.82) is 0 Å². The summed E-state index contributed by atoms with van der Waals surface area (Å²) < 4.78 is 65.1. The number of halogens is 3. The number of nitrogens with zero attached hydrogens (tertiary/aromatic N) is 1. The summed E-state index contributed by atoms with van der Waals surface area (Å²) in [5.74, 6) is -0.600. The molecule has 0 fully saturated rings. The van der Waals surface area contributed by atoms with Crippen molar-refractivity contribution in [2.45, 2.75) is 22.9 Å². The molecule has 1 heterocycles. The fraction of sp³-hybridized carbons (Fsp3) is 0.200. The maximum Gasteiger partial charge on any atom is 0.416 e. The van der Waals surface area contributed by atoms with Gasteiger partial charge >= 0.3 is 6.18 Å². The molecule has 3 aromatic rings. The highest BCUT2D eigenvalue weighted by Gasteiger charge is 2.32. The van der Waals surface area contributed by atoms with Gasteiger partial charge in [-0.3, -0.25) is 4.79 Å². The lowest BCUT2D eigenvalue weighted by Gasteiger charge is -2.16. The Kier molecular flexibility index (Phi) is 8.80. The van der Waals surface area contributed by atoms with Crippen LogP contribution in [0.1, 0.15) is 21.9 Å². The molecule has 1 unspecified atom stereocenters. The number of thioether (sulfide) groups is 1. The average Bonchev–Trinajstić information content (AvgIpc) is 2.80. The fourth-order valence-electron chi connectivity index (χ4n) is 3.41. The molecular weight excluding hydrogens is 513 g/mol. The highest BCUT2D eigenvalue weighted by atomic mass is 32.2. The molecule has 0 aliphatic heterocycles. The highest BCUT2D eigenvalue weighted by molar-refractivity contribution is 8.00. The minimum absolute atomic E-state index is 0.0115. The second-order valence-corrected chi connectivity index (χ2v) is 11.1. The summed E-state index contributed by atoms with van der Waals surface area (Å²) in [7, 11) is -3.88. The minimum atomic E-state index is -4.60. The van der Waals surface area contributed by atoms with Crippen molar-refractivity contribution in [3.05, 3.63) is 96.2 Å². The topological polar surface area (TPSA) is 96.4 Å². The molecule has 0 spiro atoms. The minimum Gasteiger partial charge on any atom is -0.508 e. The normalized spacial score (nSPS) is 12.6. The van der Waals surface area contributed by atoms with Gasteiger partial charge in [-0.15, -0.1) is 18.3 Å². The first-order chi connectivity index (χ1) is 17.0. The lowest BCUT2D eigenvalue weighted by molar-refractivity contribution is -0.137. The standard InChI is InChI=1S/C25H23F3N2O4S2/c1-2-22(18-7-4-8-19(16-18)25(26,27)28)36(33,34)13-12-35-24-21(10-5-11-29-24)30-23(32)15-17-6-3-9-20(31)14-17/h2-11,14,16,22,31H,1,12-13,15H2,(H,30,32). The molecule has 6 nitrogen and oxygen atoms in total. The van der Waals surface area contributed by atoms with Crippen LogP contribution in [-0.2, 0) is 27.2 Å². The van der Waals surface area contributed by atoms with Gasteiger partial charge in [0.15, 0.2) is 9.84 Å². The Morgan fingerprint density at radius 2 is 1.89 bits per heavy atom. The highest BCUT2D eigenvalue weighted by Crippen LogP contribution is 2.33. The van der Waals surface area contributed by atoms with Crippen molar-refractivity contribution in [2.24, 2.45) is 0 Å². The second kappa shape index (κ2) is 11.6. The molecule has 1 amide bonds. The molecule has 3 rings (SSSR count). The van der Waals surface area contributed by atoms with Gasteiger partial charge in [0.1, 0.15) is 16.0 Å². The van der Waals surface area contributed by atoms with E-state index in [1.807, 2.05) is 0 Å². The molecule has 2 aromatic carbocycles. The predicted molar refractivity (Wildman–Crippen MR) is 134 cm³/mol. The molecule has 1 aromatic heterocycles. The number of phenolic OH excluding ortho intramolecular Hbond substituents is 1. The zero-order chi connectivity index (χ0) is 26.3. The van der Waals surface area contributed by atoms with Crippen LogP contribution in [0.15, 0.2) is 84.5 Å². The number of phenols is 1. The van der Waals surface area contributed by atoms with E-state index in [1.165, 1.54) is 30.5 Å². The molecule has 0 saturated carbocycles. The van der Waals surface area contributed by atoms with Crippen LogP contribution >= 0.6 is 11.8 Å². The monoisotopic (exact) mass is 536 g/mol. The molecule has 0 aliphatic rings. The molecule has 0 saturated heterocycles. The number of carbonyl (C=O) groups is 1. The van der Waals surface area contributed by atoms with Crippen molar-refractivity contribution >= 4 is 33.2 Å². The molecular formula is C25H23F3N2O4S2. The van der Waals surface area contributed by atoms with Gasteiger partial charge in [-0.05, 0) is 41.5 Å². The molecule has 0 bridgehead atoms. The lowest BCUT2D eigenvalue weighted by atomic mass is 10.1. The van der Waals surface area contributed by atoms with Crippen LogP contribution in [0.3, 0.4) is 0 Å². The van der Waals surface area contributed by atoms with Crippen LogP contribution < -0.4 is 5.32 Å². The summed E-state index contributed by atoms with van der Waals surface area (Å²) >= 11 is 1.10. The van der Waals surface area contributed by atoms with Gasteiger partial charge < -0.3 is 10.4 Å². The number of aromatic hydroxyl groups is 1. The predicted octanol–water partition coefficient (Wildman–Crippen LogP) is 5.42. The van der Waals surface area contributed by atoms with Gasteiger partial charge in [0.05, 0.1) is 23.4 Å². The molecule has 11 heteroatoms. The maximum atomic E-state index is 13.1. The third kappa shape index (κ3) is 7.34. The number of nitrogens with one attached hydrogen (secondary N) is 1. The number of alkyl halides is 3. The van der Waals surface area contributed by atoms with Gasteiger partial charge in [-0.2, -0.15) is 13.2 Å². The third-order valence-electron chi connectivity index (χ3n) is 5.07. The van der Waals surface area contributed by atoms with E-state index < -0.39 is 26.8 Å². The van der Waals surface area contributed by atoms with E-state index in [2.05, 4.69) is 16.9 Å². The summed E-state index contributed by atoms with van der Waals surface area (Å²) in [4.78, 5) is 16.6. The van der Waals surface area contributed by atoms with E-state index in [1.54, 1.807) is 24.3 Å². The number of benzene rings is 2. The lowest BCUT2D eigenvalue weighted by Crippen LogP contribution is -2.18. The number of aromatic nitrogens is 1. The van der Waals surface area contributed by atoms with E-state index in [9.17, 15) is 31.5 Å². The Morgan fingerprint density at radius 1 is 1.14 bits per heavy atom. The first kappa shape index (κ1) is 27.3. The molecule has 36 heavy (non-hydrogen) atoms. The van der Waals surface area contributed by atoms with Crippen LogP contribution in [0.2, 0.25) is 0 Å². The van der Waals surface area contributed by atoms with Crippen LogP contribution in [0.4, 0.5) is 18.9 Å². The number of sulfone groups is 1. The van der Waals surface area contributed by atoms with Crippen molar-refractivity contribution in [1.82, 2.24) is 4.98 Å². The summed E-state index contributed by atoms with van der Waals surface area (Å²) in [6, 6.07) is 13.7.